The third-order valence-corrected chi connectivity index (χ3v) is 3.73. The third kappa shape index (κ3) is 3.37. The molecule has 19 heavy (non-hydrogen) atoms. The highest BCUT2D eigenvalue weighted by Gasteiger charge is 2.14. The molecule has 0 bridgehead atoms. The number of benzene rings is 2. The van der Waals surface area contributed by atoms with Crippen LogP contribution in [0.25, 0.3) is 0 Å². The van der Waals surface area contributed by atoms with E-state index in [9.17, 15) is 0 Å². The standard InChI is InChI=1S/C16H18BrNO/c1-3-19-13-8-6-7-12(11-13)16(18-2)14-9-4-5-10-15(14)17/h4-11,16,18H,3H2,1-2H3. The van der Waals surface area contributed by atoms with Gasteiger partial charge in [0, 0.05) is 4.47 Å². The van der Waals surface area contributed by atoms with Crippen LogP contribution in [0.15, 0.2) is 53.0 Å². The van der Waals surface area contributed by atoms with Crippen molar-refractivity contribution < 1.29 is 4.74 Å². The number of rotatable bonds is 5. The molecule has 100 valence electrons. The van der Waals surface area contributed by atoms with E-state index >= 15 is 0 Å². The van der Waals surface area contributed by atoms with Crippen molar-refractivity contribution in [2.45, 2.75) is 13.0 Å². The van der Waals surface area contributed by atoms with Crippen molar-refractivity contribution in [3.8, 4) is 5.75 Å². The molecule has 0 aliphatic heterocycles. The number of hydrogen-bond acceptors (Lipinski definition) is 2. The molecule has 0 saturated heterocycles. The molecule has 1 atom stereocenters. The van der Waals surface area contributed by atoms with Crippen LogP contribution in [-0.2, 0) is 0 Å². The van der Waals surface area contributed by atoms with Crippen molar-refractivity contribution in [1.29, 1.82) is 0 Å². The summed E-state index contributed by atoms with van der Waals surface area (Å²) in [6.07, 6.45) is 0. The van der Waals surface area contributed by atoms with Gasteiger partial charge in [-0.2, -0.15) is 0 Å². The van der Waals surface area contributed by atoms with Crippen LogP contribution >= 0.6 is 15.9 Å². The summed E-state index contributed by atoms with van der Waals surface area (Å²) in [5.41, 5.74) is 2.42. The summed E-state index contributed by atoms with van der Waals surface area (Å²) in [6.45, 7) is 2.68. The van der Waals surface area contributed by atoms with E-state index in [1.54, 1.807) is 0 Å². The van der Waals surface area contributed by atoms with E-state index in [1.165, 1.54) is 11.1 Å². The molecular weight excluding hydrogens is 302 g/mol. The molecule has 0 amide bonds. The maximum Gasteiger partial charge on any atom is 0.119 e. The van der Waals surface area contributed by atoms with Gasteiger partial charge in [0.15, 0.2) is 0 Å². The zero-order valence-corrected chi connectivity index (χ0v) is 12.8. The van der Waals surface area contributed by atoms with Crippen molar-refractivity contribution in [3.63, 3.8) is 0 Å². The Balaban J connectivity index is 2.37. The summed E-state index contributed by atoms with van der Waals surface area (Å²) in [7, 11) is 1.97. The summed E-state index contributed by atoms with van der Waals surface area (Å²) in [5.74, 6) is 0.910. The van der Waals surface area contributed by atoms with Gasteiger partial charge in [0.1, 0.15) is 5.75 Å². The molecule has 1 N–H and O–H groups in total. The first-order chi connectivity index (χ1) is 9.26. The average Bonchev–Trinajstić information content (AvgIpc) is 2.43. The molecule has 1 unspecified atom stereocenters. The highest BCUT2D eigenvalue weighted by molar-refractivity contribution is 9.10. The minimum Gasteiger partial charge on any atom is -0.494 e. The van der Waals surface area contributed by atoms with Gasteiger partial charge in [-0.25, -0.2) is 0 Å². The zero-order valence-electron chi connectivity index (χ0n) is 11.2. The minimum absolute atomic E-state index is 0.149. The van der Waals surface area contributed by atoms with Crippen LogP contribution in [0.4, 0.5) is 0 Å². The van der Waals surface area contributed by atoms with E-state index in [0.717, 1.165) is 10.2 Å². The third-order valence-electron chi connectivity index (χ3n) is 3.01. The van der Waals surface area contributed by atoms with E-state index in [1.807, 2.05) is 32.2 Å². The molecule has 2 nitrogen and oxygen atoms in total. The van der Waals surface area contributed by atoms with Gasteiger partial charge in [-0.05, 0) is 43.3 Å². The van der Waals surface area contributed by atoms with Crippen molar-refractivity contribution >= 4 is 15.9 Å². The van der Waals surface area contributed by atoms with Gasteiger partial charge < -0.3 is 10.1 Å². The van der Waals surface area contributed by atoms with Crippen molar-refractivity contribution in [1.82, 2.24) is 5.32 Å². The highest BCUT2D eigenvalue weighted by Crippen LogP contribution is 2.29. The fraction of sp³-hybridized carbons (Fsp3) is 0.250. The molecule has 0 heterocycles. The predicted molar refractivity (Wildman–Crippen MR) is 82.7 cm³/mol. The van der Waals surface area contributed by atoms with Crippen molar-refractivity contribution in [3.05, 3.63) is 64.1 Å². The van der Waals surface area contributed by atoms with Crippen LogP contribution in [0.2, 0.25) is 0 Å². The smallest absolute Gasteiger partial charge is 0.119 e. The molecule has 0 spiro atoms. The number of hydrogen-bond donors (Lipinski definition) is 1. The summed E-state index contributed by atoms with van der Waals surface area (Å²) in [6, 6.07) is 16.6. The fourth-order valence-electron chi connectivity index (χ4n) is 2.16. The molecule has 2 rings (SSSR count). The zero-order chi connectivity index (χ0) is 13.7. The molecular formula is C16H18BrNO. The molecule has 0 aliphatic rings. The van der Waals surface area contributed by atoms with Crippen LogP contribution in [0, 0.1) is 0 Å². The SMILES string of the molecule is CCOc1cccc(C(NC)c2ccccc2Br)c1. The van der Waals surface area contributed by atoms with Gasteiger partial charge in [0.2, 0.25) is 0 Å². The van der Waals surface area contributed by atoms with Gasteiger partial charge in [-0.15, -0.1) is 0 Å². The normalized spacial score (nSPS) is 12.2. The van der Waals surface area contributed by atoms with Crippen LogP contribution in [-0.4, -0.2) is 13.7 Å². The van der Waals surface area contributed by atoms with Crippen molar-refractivity contribution in [2.75, 3.05) is 13.7 Å². The molecule has 0 fully saturated rings. The first-order valence-electron chi connectivity index (χ1n) is 6.40. The lowest BCUT2D eigenvalue weighted by atomic mass is 9.99. The van der Waals surface area contributed by atoms with Gasteiger partial charge in [-0.3, -0.25) is 0 Å². The molecule has 3 heteroatoms. The molecule has 0 radical (unpaired) electrons. The Morgan fingerprint density at radius 2 is 1.95 bits per heavy atom. The number of halogens is 1. The fourth-order valence-corrected chi connectivity index (χ4v) is 2.68. The second kappa shape index (κ2) is 6.73. The molecule has 0 aliphatic carbocycles. The van der Waals surface area contributed by atoms with Crippen LogP contribution in [0.5, 0.6) is 5.75 Å². The number of nitrogens with one attached hydrogen (secondary N) is 1. The molecule has 2 aromatic carbocycles. The van der Waals surface area contributed by atoms with Crippen LogP contribution in [0.3, 0.4) is 0 Å². The lowest BCUT2D eigenvalue weighted by Crippen LogP contribution is -2.18. The molecule has 2 aromatic rings. The maximum atomic E-state index is 5.57. The van der Waals surface area contributed by atoms with E-state index in [-0.39, 0.29) is 6.04 Å². The summed E-state index contributed by atoms with van der Waals surface area (Å²) in [5, 5.41) is 3.36. The lowest BCUT2D eigenvalue weighted by molar-refractivity contribution is 0.339. The Bertz CT molecular complexity index is 542. The Morgan fingerprint density at radius 3 is 2.63 bits per heavy atom. The first-order valence-corrected chi connectivity index (χ1v) is 7.20. The minimum atomic E-state index is 0.149. The van der Waals surface area contributed by atoms with Gasteiger partial charge in [-0.1, -0.05) is 46.3 Å². The van der Waals surface area contributed by atoms with Crippen LogP contribution < -0.4 is 10.1 Å². The Hall–Kier alpha value is -1.32. The number of ether oxygens (including phenoxy) is 1. The van der Waals surface area contributed by atoms with E-state index in [0.29, 0.717) is 6.61 Å². The predicted octanol–water partition coefficient (Wildman–Crippen LogP) is 4.16. The second-order valence-electron chi connectivity index (χ2n) is 4.25. The maximum absolute atomic E-state index is 5.57. The lowest BCUT2D eigenvalue weighted by Gasteiger charge is -2.19. The summed E-state index contributed by atoms with van der Waals surface area (Å²) in [4.78, 5) is 0. The van der Waals surface area contributed by atoms with E-state index < -0.39 is 0 Å². The van der Waals surface area contributed by atoms with E-state index in [2.05, 4.69) is 51.6 Å². The Kier molecular flexibility index (Phi) is 5.00. The van der Waals surface area contributed by atoms with E-state index in [4.69, 9.17) is 4.74 Å². The monoisotopic (exact) mass is 319 g/mol. The molecule has 0 aromatic heterocycles. The second-order valence-corrected chi connectivity index (χ2v) is 5.10. The summed E-state index contributed by atoms with van der Waals surface area (Å²) < 4.78 is 6.68. The Labute approximate surface area is 122 Å². The van der Waals surface area contributed by atoms with Crippen molar-refractivity contribution in [2.24, 2.45) is 0 Å². The topological polar surface area (TPSA) is 21.3 Å². The van der Waals surface area contributed by atoms with Crippen LogP contribution in [0.1, 0.15) is 24.1 Å². The quantitative estimate of drug-likeness (QED) is 0.893. The largest absolute Gasteiger partial charge is 0.494 e. The van der Waals surface area contributed by atoms with Gasteiger partial charge in [0.25, 0.3) is 0 Å². The Morgan fingerprint density at radius 1 is 1.16 bits per heavy atom. The van der Waals surface area contributed by atoms with Gasteiger partial charge >= 0.3 is 0 Å². The highest BCUT2D eigenvalue weighted by atomic mass is 79.9. The molecule has 0 saturated carbocycles. The van der Waals surface area contributed by atoms with Gasteiger partial charge in [0.05, 0.1) is 12.6 Å². The first kappa shape index (κ1) is 14.1. The average molecular weight is 320 g/mol. The summed E-state index contributed by atoms with van der Waals surface area (Å²) >= 11 is 3.61.